The number of alkyl halides is 3. The van der Waals surface area contributed by atoms with Gasteiger partial charge in [-0.3, -0.25) is 9.20 Å². The molecule has 0 spiro atoms. The van der Waals surface area contributed by atoms with E-state index in [1.54, 1.807) is 62.4 Å². The Balaban J connectivity index is 1.45. The molecule has 2 aromatic heterocycles. The van der Waals surface area contributed by atoms with Gasteiger partial charge < -0.3 is 15.1 Å². The summed E-state index contributed by atoms with van der Waals surface area (Å²) in [6.07, 6.45) is 1.96. The van der Waals surface area contributed by atoms with Crippen LogP contribution in [0.5, 0.6) is 0 Å². The molecule has 11 heteroatoms. The van der Waals surface area contributed by atoms with Crippen LogP contribution in [-0.2, 0) is 14.8 Å². The van der Waals surface area contributed by atoms with E-state index in [1.807, 2.05) is 9.30 Å². The number of rotatable bonds is 6. The lowest BCUT2D eigenvalue weighted by Crippen LogP contribution is -2.51. The van der Waals surface area contributed by atoms with Crippen LogP contribution in [0.1, 0.15) is 48.6 Å². The molecule has 4 heterocycles. The first kappa shape index (κ1) is 28.4. The Bertz CT molecular complexity index is 1620. The van der Waals surface area contributed by atoms with E-state index < -0.39 is 20.1 Å². The molecule has 2 saturated heterocycles. The molecule has 7 nitrogen and oxygen atoms in total. The lowest BCUT2D eigenvalue weighted by atomic mass is 9.85. The topological polar surface area (TPSA) is 85.8 Å². The molecule has 2 aromatic carbocycles. The molecule has 0 saturated carbocycles. The molecule has 1 amide bonds. The molecule has 3 atom stereocenters. The average Bonchev–Trinajstić information content (AvgIpc) is 3.52. The van der Waals surface area contributed by atoms with Crippen molar-refractivity contribution in [1.29, 1.82) is 0 Å². The van der Waals surface area contributed by atoms with Gasteiger partial charge >= 0.3 is 6.18 Å². The van der Waals surface area contributed by atoms with Crippen LogP contribution >= 0.6 is 0 Å². The lowest BCUT2D eigenvalue weighted by molar-refractivity contribution is -0.240. The number of piperidine rings is 1. The molecule has 0 radical (unpaired) electrons. The van der Waals surface area contributed by atoms with Crippen LogP contribution in [0.4, 0.5) is 19.0 Å². The van der Waals surface area contributed by atoms with E-state index in [9.17, 15) is 4.79 Å². The second-order valence-electron chi connectivity index (χ2n) is 12.2. The Kier molecular flexibility index (Phi) is 6.92. The summed E-state index contributed by atoms with van der Waals surface area (Å²) in [6.45, 7) is 5.84. The zero-order chi connectivity index (χ0) is 29.9. The standard InChI is InChI=1S/C31H34F3N5O2Si/c1-42(2,3)41-30(31(32,33)34,22-7-5-4-6-8-22)23-12-9-20(10-13-23)26-27-28(35)36-17-18-38(27)29(37-26)21-11-14-24-15-16-25(40)39(24)19-21/h4-10,12-13,17-18,21,24H,11,14-16,19H2,1-3H3,(H2,35,36)/t21-,24+,30?/m1/s1. The molecule has 220 valence electrons. The molecular weight excluding hydrogens is 559 g/mol. The van der Waals surface area contributed by atoms with Crippen molar-refractivity contribution in [3.63, 3.8) is 0 Å². The molecule has 2 N–H and O–H groups in total. The van der Waals surface area contributed by atoms with Crippen LogP contribution in [0.2, 0.25) is 19.6 Å². The quantitative estimate of drug-likeness (QED) is 0.258. The van der Waals surface area contributed by atoms with Crippen LogP contribution in [0, 0.1) is 0 Å². The highest BCUT2D eigenvalue weighted by Gasteiger charge is 2.60. The van der Waals surface area contributed by atoms with Gasteiger partial charge in [0.25, 0.3) is 0 Å². The van der Waals surface area contributed by atoms with Gasteiger partial charge in [0, 0.05) is 42.9 Å². The van der Waals surface area contributed by atoms with Gasteiger partial charge in [0.15, 0.2) is 8.32 Å². The molecular formula is C31H34F3N5O2Si. The number of benzene rings is 2. The molecule has 2 aliphatic heterocycles. The molecule has 2 aliphatic rings. The maximum absolute atomic E-state index is 15.1. The summed E-state index contributed by atoms with van der Waals surface area (Å²) in [5.41, 5.74) is 5.50. The SMILES string of the molecule is C[Si](C)(C)OC(c1ccccc1)(c1ccc(-c2nc([C@@H]3CC[C@H]4CCC(=O)N4C3)n3ccnc(N)c23)cc1)C(F)(F)F. The Hall–Kier alpha value is -3.70. The number of halogens is 3. The maximum Gasteiger partial charge on any atom is 0.425 e. The van der Waals surface area contributed by atoms with E-state index in [0.717, 1.165) is 25.1 Å². The number of hydrogen-bond donors (Lipinski definition) is 1. The second-order valence-corrected chi connectivity index (χ2v) is 16.6. The number of carbonyl (C=O) groups excluding carboxylic acids is 1. The Morgan fingerprint density at radius 3 is 2.33 bits per heavy atom. The van der Waals surface area contributed by atoms with E-state index in [2.05, 4.69) is 4.98 Å². The van der Waals surface area contributed by atoms with E-state index in [-0.39, 0.29) is 34.8 Å². The van der Waals surface area contributed by atoms with Crippen molar-refractivity contribution in [3.8, 4) is 11.3 Å². The van der Waals surface area contributed by atoms with E-state index in [0.29, 0.717) is 29.7 Å². The first-order valence-corrected chi connectivity index (χ1v) is 17.6. The van der Waals surface area contributed by atoms with Gasteiger partial charge in [0.1, 0.15) is 22.9 Å². The van der Waals surface area contributed by atoms with Crippen molar-refractivity contribution >= 4 is 25.6 Å². The smallest absolute Gasteiger partial charge is 0.397 e. The van der Waals surface area contributed by atoms with Crippen molar-refractivity contribution in [1.82, 2.24) is 19.3 Å². The minimum atomic E-state index is -4.72. The summed E-state index contributed by atoms with van der Waals surface area (Å²) in [7, 11) is -2.71. The third-order valence-corrected chi connectivity index (χ3v) is 9.22. The van der Waals surface area contributed by atoms with Crippen LogP contribution in [0.3, 0.4) is 0 Å². The maximum atomic E-state index is 15.1. The van der Waals surface area contributed by atoms with Crippen molar-refractivity contribution < 1.29 is 22.4 Å². The number of carbonyl (C=O) groups is 1. The average molecular weight is 594 g/mol. The monoisotopic (exact) mass is 593 g/mol. The van der Waals surface area contributed by atoms with Gasteiger partial charge in [-0.2, -0.15) is 13.2 Å². The summed E-state index contributed by atoms with van der Waals surface area (Å²) in [4.78, 5) is 23.7. The molecule has 6 rings (SSSR count). The lowest BCUT2D eigenvalue weighted by Gasteiger charge is -2.41. The van der Waals surface area contributed by atoms with Gasteiger partial charge in [-0.15, -0.1) is 0 Å². The van der Waals surface area contributed by atoms with Crippen molar-refractivity contribution in [3.05, 3.63) is 83.9 Å². The van der Waals surface area contributed by atoms with Crippen molar-refractivity contribution in [2.45, 2.75) is 69.1 Å². The fourth-order valence-corrected chi connectivity index (χ4v) is 7.79. The van der Waals surface area contributed by atoms with Gasteiger partial charge in [0.05, 0.1) is 0 Å². The van der Waals surface area contributed by atoms with Gasteiger partial charge in [-0.1, -0.05) is 54.6 Å². The normalized spacial score (nSPS) is 21.0. The summed E-state index contributed by atoms with van der Waals surface area (Å²) >= 11 is 0. The number of aromatic nitrogens is 3. The highest BCUT2D eigenvalue weighted by atomic mass is 28.4. The molecule has 2 fully saturated rings. The second kappa shape index (κ2) is 10.2. The molecule has 42 heavy (non-hydrogen) atoms. The number of nitrogens with two attached hydrogens (primary N) is 1. The van der Waals surface area contributed by atoms with Crippen LogP contribution in [0.25, 0.3) is 16.8 Å². The minimum Gasteiger partial charge on any atom is -0.397 e. The number of anilines is 1. The Morgan fingerprint density at radius 2 is 1.67 bits per heavy atom. The minimum absolute atomic E-state index is 0.00623. The summed E-state index contributed by atoms with van der Waals surface area (Å²) in [5, 5.41) is 0. The number of fused-ring (bicyclic) bond motifs is 2. The largest absolute Gasteiger partial charge is 0.425 e. The van der Waals surface area contributed by atoms with E-state index >= 15 is 13.2 Å². The fourth-order valence-electron chi connectivity index (χ4n) is 6.52. The summed E-state index contributed by atoms with van der Waals surface area (Å²) in [5.74, 6) is 1.23. The van der Waals surface area contributed by atoms with E-state index in [1.165, 1.54) is 24.3 Å². The summed E-state index contributed by atoms with van der Waals surface area (Å²) < 4.78 is 53.3. The number of imidazole rings is 1. The van der Waals surface area contributed by atoms with Crippen molar-refractivity contribution in [2.75, 3.05) is 12.3 Å². The van der Waals surface area contributed by atoms with E-state index in [4.69, 9.17) is 15.1 Å². The predicted molar refractivity (Wildman–Crippen MR) is 157 cm³/mol. The van der Waals surface area contributed by atoms with Gasteiger partial charge in [0.2, 0.25) is 11.5 Å². The predicted octanol–water partition coefficient (Wildman–Crippen LogP) is 6.50. The third-order valence-electron chi connectivity index (χ3n) is 8.30. The fraction of sp³-hybridized carbons (Fsp3) is 0.387. The Morgan fingerprint density at radius 1 is 0.976 bits per heavy atom. The molecule has 0 aliphatic carbocycles. The third kappa shape index (κ3) is 4.78. The zero-order valence-corrected chi connectivity index (χ0v) is 24.9. The van der Waals surface area contributed by atoms with Crippen molar-refractivity contribution in [2.24, 2.45) is 0 Å². The van der Waals surface area contributed by atoms with Crippen LogP contribution in [-0.4, -0.2) is 52.3 Å². The van der Waals surface area contributed by atoms with Gasteiger partial charge in [-0.25, -0.2) is 9.97 Å². The first-order valence-electron chi connectivity index (χ1n) is 14.2. The van der Waals surface area contributed by atoms with Crippen LogP contribution in [0.15, 0.2) is 67.0 Å². The highest BCUT2D eigenvalue weighted by molar-refractivity contribution is 6.69. The Labute approximate surface area is 243 Å². The number of amides is 1. The summed E-state index contributed by atoms with van der Waals surface area (Å²) in [6, 6.07) is 14.3. The number of nitrogen functional groups attached to an aromatic ring is 1. The highest BCUT2D eigenvalue weighted by Crippen LogP contribution is 2.49. The number of hydrogen-bond acceptors (Lipinski definition) is 5. The molecule has 4 aromatic rings. The molecule has 0 bridgehead atoms. The van der Waals surface area contributed by atoms with Gasteiger partial charge in [-0.05, 0) is 50.0 Å². The first-order chi connectivity index (χ1) is 19.9. The van der Waals surface area contributed by atoms with Crippen LogP contribution < -0.4 is 5.73 Å². The zero-order valence-electron chi connectivity index (χ0n) is 23.9. The molecule has 1 unspecified atom stereocenters. The number of nitrogens with zero attached hydrogens (tertiary/aromatic N) is 4.